The van der Waals surface area contributed by atoms with Crippen LogP contribution in [0.4, 0.5) is 0 Å². The molecule has 0 bridgehead atoms. The van der Waals surface area contributed by atoms with Crippen LogP contribution in [-0.2, 0) is 6.54 Å². The van der Waals surface area contributed by atoms with Crippen molar-refractivity contribution in [3.8, 4) is 0 Å². The van der Waals surface area contributed by atoms with E-state index in [2.05, 4.69) is 26.8 Å². The summed E-state index contributed by atoms with van der Waals surface area (Å²) in [7, 11) is 2.17. The van der Waals surface area contributed by atoms with Gasteiger partial charge >= 0.3 is 0 Å². The Labute approximate surface area is 90.9 Å². The third-order valence-corrected chi connectivity index (χ3v) is 2.79. The fourth-order valence-electron chi connectivity index (χ4n) is 1.83. The average molecular weight is 206 g/mol. The molecule has 1 aromatic heterocycles. The second kappa shape index (κ2) is 4.68. The second-order valence-corrected chi connectivity index (χ2v) is 4.23. The van der Waals surface area contributed by atoms with Gasteiger partial charge in [0.25, 0.3) is 0 Å². The van der Waals surface area contributed by atoms with Crippen molar-refractivity contribution in [3.63, 3.8) is 0 Å². The maximum atomic E-state index is 4.47. The average Bonchev–Trinajstić information content (AvgIpc) is 2.22. The van der Waals surface area contributed by atoms with E-state index in [0.717, 1.165) is 44.1 Å². The lowest BCUT2D eigenvalue weighted by Gasteiger charge is -2.31. The molecule has 0 radical (unpaired) electrons. The van der Waals surface area contributed by atoms with Gasteiger partial charge in [-0.15, -0.1) is 0 Å². The zero-order chi connectivity index (χ0) is 10.7. The Hall–Kier alpha value is -1.00. The molecule has 0 spiro atoms. The first-order chi connectivity index (χ1) is 7.24. The highest BCUT2D eigenvalue weighted by Gasteiger charge is 2.14. The summed E-state index contributed by atoms with van der Waals surface area (Å²) in [6, 6.07) is 0. The van der Waals surface area contributed by atoms with Gasteiger partial charge in [0.1, 0.15) is 0 Å². The Kier molecular flexibility index (Phi) is 3.28. The maximum Gasteiger partial charge on any atom is 0.0730 e. The van der Waals surface area contributed by atoms with Crippen LogP contribution in [0.25, 0.3) is 0 Å². The number of rotatable bonds is 2. The van der Waals surface area contributed by atoms with E-state index in [-0.39, 0.29) is 0 Å². The molecule has 1 saturated heterocycles. The van der Waals surface area contributed by atoms with E-state index in [9.17, 15) is 0 Å². The quantitative estimate of drug-likeness (QED) is 0.706. The van der Waals surface area contributed by atoms with E-state index in [1.165, 1.54) is 0 Å². The molecule has 0 atom stereocenters. The predicted molar refractivity (Wildman–Crippen MR) is 59.5 cm³/mol. The summed E-state index contributed by atoms with van der Waals surface area (Å²) in [5.41, 5.74) is 2.08. The van der Waals surface area contributed by atoms with Crippen molar-refractivity contribution in [1.82, 2.24) is 19.8 Å². The molecule has 0 aromatic carbocycles. The number of piperazine rings is 1. The van der Waals surface area contributed by atoms with E-state index in [1.807, 2.05) is 13.1 Å². The lowest BCUT2D eigenvalue weighted by molar-refractivity contribution is 0.146. The van der Waals surface area contributed by atoms with Crippen LogP contribution in [0, 0.1) is 6.92 Å². The van der Waals surface area contributed by atoms with Crippen LogP contribution in [0.5, 0.6) is 0 Å². The summed E-state index contributed by atoms with van der Waals surface area (Å²) in [5.74, 6) is 0. The minimum Gasteiger partial charge on any atom is -0.304 e. The minimum atomic E-state index is 0.933. The molecule has 4 heteroatoms. The van der Waals surface area contributed by atoms with Crippen LogP contribution in [-0.4, -0.2) is 53.0 Å². The number of aryl methyl sites for hydroxylation is 1. The Morgan fingerprint density at radius 3 is 2.60 bits per heavy atom. The van der Waals surface area contributed by atoms with Gasteiger partial charge in [-0.25, -0.2) is 0 Å². The maximum absolute atomic E-state index is 4.47. The highest BCUT2D eigenvalue weighted by atomic mass is 15.2. The number of aromatic nitrogens is 2. The normalized spacial score (nSPS) is 19.3. The lowest BCUT2D eigenvalue weighted by atomic mass is 10.3. The largest absolute Gasteiger partial charge is 0.304 e. The van der Waals surface area contributed by atoms with Gasteiger partial charge in [-0.05, 0) is 14.0 Å². The van der Waals surface area contributed by atoms with E-state index in [4.69, 9.17) is 0 Å². The smallest absolute Gasteiger partial charge is 0.0730 e. The number of likely N-dealkylation sites (N-methyl/N-ethyl adjacent to an activating group) is 1. The molecule has 0 aliphatic carbocycles. The Morgan fingerprint density at radius 2 is 1.93 bits per heavy atom. The summed E-state index contributed by atoms with van der Waals surface area (Å²) in [6.45, 7) is 7.49. The zero-order valence-corrected chi connectivity index (χ0v) is 9.48. The standard InChI is InChI=1S/C11H18N4/c1-10-7-12-8-11(13-10)9-15-5-3-14(2)4-6-15/h7-8H,3-6,9H2,1-2H3. The Morgan fingerprint density at radius 1 is 1.20 bits per heavy atom. The molecule has 0 amide bonds. The molecule has 82 valence electrons. The highest BCUT2D eigenvalue weighted by Crippen LogP contribution is 2.05. The molecule has 1 fully saturated rings. The van der Waals surface area contributed by atoms with E-state index in [0.29, 0.717) is 0 Å². The van der Waals surface area contributed by atoms with Crippen LogP contribution in [0.1, 0.15) is 11.4 Å². The fraction of sp³-hybridized carbons (Fsp3) is 0.636. The summed E-state index contributed by atoms with van der Waals surface area (Å²) in [4.78, 5) is 13.4. The third-order valence-electron chi connectivity index (χ3n) is 2.79. The molecule has 1 aliphatic rings. The molecule has 2 heterocycles. The molecule has 0 N–H and O–H groups in total. The first kappa shape index (κ1) is 10.5. The third kappa shape index (κ3) is 2.97. The fourth-order valence-corrected chi connectivity index (χ4v) is 1.83. The first-order valence-corrected chi connectivity index (χ1v) is 5.42. The summed E-state index contributed by atoms with van der Waals surface area (Å²) in [5, 5.41) is 0. The van der Waals surface area contributed by atoms with Gasteiger partial charge in [0.15, 0.2) is 0 Å². The zero-order valence-electron chi connectivity index (χ0n) is 9.48. The SMILES string of the molecule is Cc1cncc(CN2CCN(C)CC2)n1. The molecule has 15 heavy (non-hydrogen) atoms. The van der Waals surface area contributed by atoms with Crippen molar-refractivity contribution in [2.45, 2.75) is 13.5 Å². The van der Waals surface area contributed by atoms with E-state index < -0.39 is 0 Å². The van der Waals surface area contributed by atoms with Gasteiger partial charge in [-0.2, -0.15) is 0 Å². The monoisotopic (exact) mass is 206 g/mol. The van der Waals surface area contributed by atoms with Crippen LogP contribution >= 0.6 is 0 Å². The number of hydrogen-bond donors (Lipinski definition) is 0. The van der Waals surface area contributed by atoms with Gasteiger partial charge in [-0.3, -0.25) is 14.9 Å². The topological polar surface area (TPSA) is 32.3 Å². The molecule has 1 aromatic rings. The summed E-state index contributed by atoms with van der Waals surface area (Å²) in [6.07, 6.45) is 3.67. The second-order valence-electron chi connectivity index (χ2n) is 4.23. The molecular formula is C11H18N4. The van der Waals surface area contributed by atoms with E-state index in [1.54, 1.807) is 6.20 Å². The van der Waals surface area contributed by atoms with Crippen molar-refractivity contribution in [1.29, 1.82) is 0 Å². The molecule has 4 nitrogen and oxygen atoms in total. The van der Waals surface area contributed by atoms with Gasteiger partial charge < -0.3 is 4.90 Å². The molecule has 0 unspecified atom stereocenters. The van der Waals surface area contributed by atoms with Gasteiger partial charge in [0.2, 0.25) is 0 Å². The van der Waals surface area contributed by atoms with Crippen molar-refractivity contribution < 1.29 is 0 Å². The molecular weight excluding hydrogens is 188 g/mol. The van der Waals surface area contributed by atoms with Crippen molar-refractivity contribution in [3.05, 3.63) is 23.8 Å². The summed E-state index contributed by atoms with van der Waals surface area (Å²) >= 11 is 0. The van der Waals surface area contributed by atoms with Gasteiger partial charge in [-0.1, -0.05) is 0 Å². The molecule has 1 aliphatic heterocycles. The molecule has 2 rings (SSSR count). The van der Waals surface area contributed by atoms with Crippen molar-refractivity contribution in [2.75, 3.05) is 33.2 Å². The van der Waals surface area contributed by atoms with Crippen LogP contribution in [0.2, 0.25) is 0 Å². The molecule has 0 saturated carbocycles. The Balaban J connectivity index is 1.92. The van der Waals surface area contributed by atoms with E-state index >= 15 is 0 Å². The van der Waals surface area contributed by atoms with Gasteiger partial charge in [0, 0.05) is 45.1 Å². The lowest BCUT2D eigenvalue weighted by Crippen LogP contribution is -2.44. The predicted octanol–water partition coefficient (Wildman–Crippen LogP) is 0.532. The van der Waals surface area contributed by atoms with Crippen molar-refractivity contribution in [2.24, 2.45) is 0 Å². The minimum absolute atomic E-state index is 0.933. The number of hydrogen-bond acceptors (Lipinski definition) is 4. The highest BCUT2D eigenvalue weighted by molar-refractivity contribution is 5.01. The Bertz CT molecular complexity index is 318. The van der Waals surface area contributed by atoms with Crippen LogP contribution in [0.15, 0.2) is 12.4 Å². The number of nitrogens with zero attached hydrogens (tertiary/aromatic N) is 4. The van der Waals surface area contributed by atoms with Gasteiger partial charge in [0.05, 0.1) is 11.4 Å². The summed E-state index contributed by atoms with van der Waals surface area (Å²) < 4.78 is 0. The first-order valence-electron chi connectivity index (χ1n) is 5.42. The van der Waals surface area contributed by atoms with Crippen molar-refractivity contribution >= 4 is 0 Å². The van der Waals surface area contributed by atoms with Crippen LogP contribution < -0.4 is 0 Å². The van der Waals surface area contributed by atoms with Crippen LogP contribution in [0.3, 0.4) is 0 Å².